The van der Waals surface area contributed by atoms with Crippen molar-refractivity contribution in [2.75, 3.05) is 18.8 Å². The zero-order chi connectivity index (χ0) is 11.7. The molecular formula is C11H24N2OS. The largest absolute Gasteiger partial charge is 0.355 e. The van der Waals surface area contributed by atoms with E-state index in [0.29, 0.717) is 12.5 Å². The van der Waals surface area contributed by atoms with Gasteiger partial charge in [-0.25, -0.2) is 0 Å². The van der Waals surface area contributed by atoms with Crippen molar-refractivity contribution in [3.05, 3.63) is 0 Å². The van der Waals surface area contributed by atoms with Crippen LogP contribution in [0.2, 0.25) is 0 Å². The van der Waals surface area contributed by atoms with Gasteiger partial charge in [0.2, 0.25) is 5.91 Å². The van der Waals surface area contributed by atoms with Crippen molar-refractivity contribution in [2.24, 2.45) is 11.7 Å². The first kappa shape index (κ1) is 14.8. The molecule has 0 rings (SSSR count). The van der Waals surface area contributed by atoms with Gasteiger partial charge in [-0.15, -0.1) is 11.8 Å². The molecule has 4 heteroatoms. The zero-order valence-corrected chi connectivity index (χ0v) is 10.9. The quantitative estimate of drug-likeness (QED) is 0.625. The van der Waals surface area contributed by atoms with E-state index in [1.165, 1.54) is 0 Å². The van der Waals surface area contributed by atoms with Gasteiger partial charge in [-0.2, -0.15) is 0 Å². The Morgan fingerprint density at radius 1 is 1.40 bits per heavy atom. The summed E-state index contributed by atoms with van der Waals surface area (Å²) in [5.74, 6) is 1.55. The average Bonchev–Trinajstić information content (AvgIpc) is 2.20. The Kier molecular flexibility index (Phi) is 8.91. The van der Waals surface area contributed by atoms with E-state index in [2.05, 4.69) is 26.1 Å². The molecule has 0 radical (unpaired) electrons. The standard InChI is InChI=1S/C11H24N2OS/c1-4-15-10(9(2)3)11(14)13-8-6-5-7-12/h9-10H,4-8,12H2,1-3H3,(H,13,14). The lowest BCUT2D eigenvalue weighted by Gasteiger charge is -2.19. The molecule has 1 unspecified atom stereocenters. The summed E-state index contributed by atoms with van der Waals surface area (Å²) in [5, 5.41) is 3.06. The van der Waals surface area contributed by atoms with E-state index in [0.717, 1.165) is 25.1 Å². The third-order valence-corrected chi connectivity index (χ3v) is 3.59. The molecule has 15 heavy (non-hydrogen) atoms. The SMILES string of the molecule is CCSC(C(=O)NCCCCN)C(C)C. The minimum absolute atomic E-state index is 0.0906. The lowest BCUT2D eigenvalue weighted by Crippen LogP contribution is -2.36. The van der Waals surface area contributed by atoms with Crippen molar-refractivity contribution in [3.8, 4) is 0 Å². The van der Waals surface area contributed by atoms with Gasteiger partial charge in [-0.3, -0.25) is 4.79 Å². The Bertz CT molecular complexity index is 174. The van der Waals surface area contributed by atoms with Gasteiger partial charge in [0.05, 0.1) is 5.25 Å². The Balaban J connectivity index is 3.82. The van der Waals surface area contributed by atoms with Crippen molar-refractivity contribution in [2.45, 2.75) is 38.9 Å². The molecule has 1 amide bonds. The maximum Gasteiger partial charge on any atom is 0.233 e. The topological polar surface area (TPSA) is 55.1 Å². The smallest absolute Gasteiger partial charge is 0.233 e. The fourth-order valence-corrected chi connectivity index (χ4v) is 2.31. The Hall–Kier alpha value is -0.220. The van der Waals surface area contributed by atoms with Crippen molar-refractivity contribution >= 4 is 17.7 Å². The van der Waals surface area contributed by atoms with Crippen LogP contribution in [0.4, 0.5) is 0 Å². The molecule has 0 saturated heterocycles. The zero-order valence-electron chi connectivity index (χ0n) is 10.1. The second-order valence-corrected chi connectivity index (χ2v) is 5.33. The van der Waals surface area contributed by atoms with Crippen LogP contribution in [0, 0.1) is 5.92 Å². The van der Waals surface area contributed by atoms with E-state index in [1.54, 1.807) is 11.8 Å². The summed E-state index contributed by atoms with van der Waals surface area (Å²) in [7, 11) is 0. The van der Waals surface area contributed by atoms with Crippen LogP contribution >= 0.6 is 11.8 Å². The summed E-state index contributed by atoms with van der Waals surface area (Å²) in [5.41, 5.74) is 5.38. The van der Waals surface area contributed by atoms with Crippen molar-refractivity contribution in [1.82, 2.24) is 5.32 Å². The number of amides is 1. The highest BCUT2D eigenvalue weighted by atomic mass is 32.2. The molecule has 0 aromatic heterocycles. The molecule has 0 saturated carbocycles. The Labute approximate surface area is 97.6 Å². The van der Waals surface area contributed by atoms with Gasteiger partial charge in [-0.1, -0.05) is 20.8 Å². The van der Waals surface area contributed by atoms with Gasteiger partial charge in [0.15, 0.2) is 0 Å². The van der Waals surface area contributed by atoms with E-state index >= 15 is 0 Å². The fraction of sp³-hybridized carbons (Fsp3) is 0.909. The number of hydrogen-bond donors (Lipinski definition) is 2. The number of rotatable bonds is 8. The first-order chi connectivity index (χ1) is 7.13. The van der Waals surface area contributed by atoms with Crippen LogP contribution in [0.1, 0.15) is 33.6 Å². The molecule has 0 aromatic carbocycles. The summed E-state index contributed by atoms with van der Waals surface area (Å²) in [6, 6.07) is 0. The van der Waals surface area contributed by atoms with Crippen molar-refractivity contribution in [1.29, 1.82) is 0 Å². The maximum absolute atomic E-state index is 11.8. The molecular weight excluding hydrogens is 208 g/mol. The van der Waals surface area contributed by atoms with Crippen LogP contribution in [0.25, 0.3) is 0 Å². The maximum atomic E-state index is 11.8. The summed E-state index contributed by atoms with van der Waals surface area (Å²) in [4.78, 5) is 11.8. The summed E-state index contributed by atoms with van der Waals surface area (Å²) < 4.78 is 0. The van der Waals surface area contributed by atoms with Crippen LogP contribution in [-0.2, 0) is 4.79 Å². The van der Waals surface area contributed by atoms with Gasteiger partial charge in [0, 0.05) is 6.54 Å². The minimum atomic E-state index is 0.0906. The monoisotopic (exact) mass is 232 g/mol. The molecule has 0 bridgehead atoms. The highest BCUT2D eigenvalue weighted by Gasteiger charge is 2.21. The third-order valence-electron chi connectivity index (χ3n) is 2.14. The number of unbranched alkanes of at least 4 members (excludes halogenated alkanes) is 1. The highest BCUT2D eigenvalue weighted by molar-refractivity contribution is 8.00. The molecule has 0 aliphatic heterocycles. The number of carbonyl (C=O) groups is 1. The van der Waals surface area contributed by atoms with Crippen LogP contribution in [0.5, 0.6) is 0 Å². The molecule has 90 valence electrons. The molecule has 0 aliphatic carbocycles. The normalized spacial score (nSPS) is 12.9. The summed E-state index contributed by atoms with van der Waals surface area (Å²) >= 11 is 1.72. The summed E-state index contributed by atoms with van der Waals surface area (Å²) in [6.45, 7) is 7.72. The number of thioether (sulfide) groups is 1. The molecule has 0 fully saturated rings. The second kappa shape index (κ2) is 9.04. The van der Waals surface area contributed by atoms with Gasteiger partial charge in [-0.05, 0) is 31.1 Å². The van der Waals surface area contributed by atoms with E-state index in [1.807, 2.05) is 0 Å². The van der Waals surface area contributed by atoms with Crippen molar-refractivity contribution < 1.29 is 4.79 Å². The lowest BCUT2D eigenvalue weighted by molar-refractivity contribution is -0.121. The molecule has 0 aliphatic rings. The lowest BCUT2D eigenvalue weighted by atomic mass is 10.1. The number of carbonyl (C=O) groups excluding carboxylic acids is 1. The fourth-order valence-electron chi connectivity index (χ4n) is 1.33. The first-order valence-corrected chi connectivity index (χ1v) is 6.77. The van der Waals surface area contributed by atoms with E-state index < -0.39 is 0 Å². The highest BCUT2D eigenvalue weighted by Crippen LogP contribution is 2.19. The molecule has 3 nitrogen and oxygen atoms in total. The predicted molar refractivity (Wildman–Crippen MR) is 68.1 cm³/mol. The minimum Gasteiger partial charge on any atom is -0.355 e. The molecule has 0 aromatic rings. The van der Waals surface area contributed by atoms with Gasteiger partial charge >= 0.3 is 0 Å². The van der Waals surface area contributed by atoms with Gasteiger partial charge < -0.3 is 11.1 Å². The first-order valence-electron chi connectivity index (χ1n) is 5.72. The number of nitrogens with two attached hydrogens (primary N) is 1. The van der Waals surface area contributed by atoms with E-state index in [-0.39, 0.29) is 11.2 Å². The third kappa shape index (κ3) is 6.79. The molecule has 0 spiro atoms. The van der Waals surface area contributed by atoms with Crippen LogP contribution in [0.3, 0.4) is 0 Å². The van der Waals surface area contributed by atoms with Gasteiger partial charge in [0.25, 0.3) is 0 Å². The van der Waals surface area contributed by atoms with E-state index in [4.69, 9.17) is 5.73 Å². The van der Waals surface area contributed by atoms with Crippen molar-refractivity contribution in [3.63, 3.8) is 0 Å². The van der Waals surface area contributed by atoms with Gasteiger partial charge in [0.1, 0.15) is 0 Å². The van der Waals surface area contributed by atoms with Crippen LogP contribution in [-0.4, -0.2) is 30.0 Å². The van der Waals surface area contributed by atoms with Crippen LogP contribution in [0.15, 0.2) is 0 Å². The average molecular weight is 232 g/mol. The van der Waals surface area contributed by atoms with Crippen LogP contribution < -0.4 is 11.1 Å². The molecule has 1 atom stereocenters. The predicted octanol–water partition coefficient (Wildman–Crippen LogP) is 1.62. The number of nitrogens with one attached hydrogen (secondary N) is 1. The second-order valence-electron chi connectivity index (χ2n) is 3.91. The molecule has 3 N–H and O–H groups in total. The Morgan fingerprint density at radius 2 is 2.07 bits per heavy atom. The summed E-state index contributed by atoms with van der Waals surface area (Å²) in [6.07, 6.45) is 1.96. The van der Waals surface area contributed by atoms with E-state index in [9.17, 15) is 4.79 Å². The number of hydrogen-bond acceptors (Lipinski definition) is 3. The molecule has 0 heterocycles. The Morgan fingerprint density at radius 3 is 2.53 bits per heavy atom.